The third-order valence-electron chi connectivity index (χ3n) is 5.57. The number of para-hydroxylation sites is 2. The molecule has 5 rings (SSSR count). The van der Waals surface area contributed by atoms with E-state index in [1.54, 1.807) is 18.2 Å². The molecule has 1 aromatic heterocycles. The van der Waals surface area contributed by atoms with Crippen LogP contribution in [0.25, 0.3) is 0 Å². The maximum atomic E-state index is 13.1. The van der Waals surface area contributed by atoms with Crippen molar-refractivity contribution in [3.63, 3.8) is 0 Å². The Kier molecular flexibility index (Phi) is 5.87. The van der Waals surface area contributed by atoms with Gasteiger partial charge in [0, 0.05) is 10.4 Å². The summed E-state index contributed by atoms with van der Waals surface area (Å²) in [6, 6.07) is 12.4. The van der Waals surface area contributed by atoms with Gasteiger partial charge in [-0.2, -0.15) is 0 Å². The molecule has 0 bridgehead atoms. The summed E-state index contributed by atoms with van der Waals surface area (Å²) < 4.78 is 16.3. The minimum absolute atomic E-state index is 0.123. The molecule has 33 heavy (non-hydrogen) atoms. The van der Waals surface area contributed by atoms with E-state index in [1.165, 1.54) is 11.3 Å². The Bertz CT molecular complexity index is 1210. The summed E-state index contributed by atoms with van der Waals surface area (Å²) in [5, 5.41) is 6.34. The summed E-state index contributed by atoms with van der Waals surface area (Å²) in [4.78, 5) is 31.5. The lowest BCUT2D eigenvalue weighted by Gasteiger charge is -2.21. The van der Waals surface area contributed by atoms with Gasteiger partial charge in [-0.25, -0.2) is 4.98 Å². The van der Waals surface area contributed by atoms with Crippen molar-refractivity contribution in [2.75, 3.05) is 24.0 Å². The number of aromatic nitrogens is 1. The van der Waals surface area contributed by atoms with Gasteiger partial charge >= 0.3 is 0 Å². The molecule has 0 saturated heterocycles. The highest BCUT2D eigenvalue weighted by molar-refractivity contribution is 7.16. The molecule has 0 spiro atoms. The molecular formula is C24H23N3O5S. The lowest BCUT2D eigenvalue weighted by Crippen LogP contribution is -2.25. The van der Waals surface area contributed by atoms with Crippen molar-refractivity contribution >= 4 is 34.0 Å². The first-order chi connectivity index (χ1) is 16.1. The number of nitrogens with zero attached hydrogens (tertiary/aromatic N) is 1. The third-order valence-corrected chi connectivity index (χ3v) is 6.62. The van der Waals surface area contributed by atoms with E-state index in [0.717, 1.165) is 23.4 Å². The zero-order valence-electron chi connectivity index (χ0n) is 18.1. The summed E-state index contributed by atoms with van der Waals surface area (Å²) in [5.41, 5.74) is 1.83. The highest BCUT2D eigenvalue weighted by atomic mass is 32.1. The molecule has 1 unspecified atom stereocenters. The fourth-order valence-electron chi connectivity index (χ4n) is 4.01. The number of hydrogen-bond donors (Lipinski definition) is 2. The van der Waals surface area contributed by atoms with Gasteiger partial charge in [-0.1, -0.05) is 12.1 Å². The molecule has 0 fully saturated rings. The Morgan fingerprint density at radius 3 is 2.88 bits per heavy atom. The SMILES string of the molecule is CCOc1ccccc1NC(=O)C1CCCc2sc(NC(=O)c3ccc4c(c3)OCO4)nc21. The molecule has 1 atom stereocenters. The molecule has 2 aromatic carbocycles. The summed E-state index contributed by atoms with van der Waals surface area (Å²) >= 11 is 1.42. The van der Waals surface area contributed by atoms with Crippen LogP contribution >= 0.6 is 11.3 Å². The van der Waals surface area contributed by atoms with Gasteiger partial charge in [-0.3, -0.25) is 14.9 Å². The summed E-state index contributed by atoms with van der Waals surface area (Å²) in [6.07, 6.45) is 2.43. The molecule has 8 nitrogen and oxygen atoms in total. The second-order valence-corrected chi connectivity index (χ2v) is 8.80. The maximum absolute atomic E-state index is 13.1. The summed E-state index contributed by atoms with van der Waals surface area (Å²) in [6.45, 7) is 2.57. The molecule has 2 N–H and O–H groups in total. The molecule has 1 aliphatic heterocycles. The first kappa shape index (κ1) is 21.3. The molecular weight excluding hydrogens is 442 g/mol. The highest BCUT2D eigenvalue weighted by Crippen LogP contribution is 2.38. The van der Waals surface area contributed by atoms with Crippen molar-refractivity contribution in [2.45, 2.75) is 32.1 Å². The average Bonchev–Trinajstić information content (AvgIpc) is 3.46. The Morgan fingerprint density at radius 2 is 2.00 bits per heavy atom. The quantitative estimate of drug-likeness (QED) is 0.553. The zero-order valence-corrected chi connectivity index (χ0v) is 18.9. The van der Waals surface area contributed by atoms with Gasteiger partial charge in [0.2, 0.25) is 12.7 Å². The van der Waals surface area contributed by atoms with Crippen molar-refractivity contribution in [3.8, 4) is 17.2 Å². The van der Waals surface area contributed by atoms with E-state index >= 15 is 0 Å². The Hall–Kier alpha value is -3.59. The van der Waals surface area contributed by atoms with Crippen LogP contribution in [0.2, 0.25) is 0 Å². The van der Waals surface area contributed by atoms with Crippen LogP contribution in [0, 0.1) is 0 Å². The second kappa shape index (κ2) is 9.11. The number of fused-ring (bicyclic) bond motifs is 2. The summed E-state index contributed by atoms with van der Waals surface area (Å²) in [7, 11) is 0. The van der Waals surface area contributed by atoms with Gasteiger partial charge in [-0.15, -0.1) is 11.3 Å². The van der Waals surface area contributed by atoms with Gasteiger partial charge in [0.1, 0.15) is 5.75 Å². The number of ether oxygens (including phenoxy) is 3. The van der Waals surface area contributed by atoms with E-state index in [9.17, 15) is 9.59 Å². The Morgan fingerprint density at radius 1 is 1.15 bits per heavy atom. The number of aryl methyl sites for hydroxylation is 1. The lowest BCUT2D eigenvalue weighted by molar-refractivity contribution is -0.118. The summed E-state index contributed by atoms with van der Waals surface area (Å²) in [5.74, 6) is 1.02. The number of benzene rings is 2. The Labute approximate surface area is 194 Å². The number of carbonyl (C=O) groups is 2. The predicted molar refractivity (Wildman–Crippen MR) is 125 cm³/mol. The molecule has 2 aliphatic rings. The van der Waals surface area contributed by atoms with E-state index in [-0.39, 0.29) is 24.5 Å². The maximum Gasteiger partial charge on any atom is 0.257 e. The number of carbonyl (C=O) groups excluding carboxylic acids is 2. The smallest absolute Gasteiger partial charge is 0.257 e. The van der Waals surface area contributed by atoms with Crippen LogP contribution in [-0.2, 0) is 11.2 Å². The number of amides is 2. The molecule has 9 heteroatoms. The number of hydrogen-bond acceptors (Lipinski definition) is 7. The van der Waals surface area contributed by atoms with E-state index in [1.807, 2.05) is 31.2 Å². The fraction of sp³-hybridized carbons (Fsp3) is 0.292. The highest BCUT2D eigenvalue weighted by Gasteiger charge is 2.31. The number of thiazole rings is 1. The second-order valence-electron chi connectivity index (χ2n) is 7.71. The first-order valence-electron chi connectivity index (χ1n) is 10.9. The third kappa shape index (κ3) is 4.36. The molecule has 170 valence electrons. The van der Waals surface area contributed by atoms with Crippen LogP contribution in [0.1, 0.15) is 46.6 Å². The van der Waals surface area contributed by atoms with Crippen LogP contribution in [0.15, 0.2) is 42.5 Å². The van der Waals surface area contributed by atoms with E-state index in [0.29, 0.717) is 46.7 Å². The van der Waals surface area contributed by atoms with Gasteiger partial charge in [0.05, 0.1) is 23.9 Å². The van der Waals surface area contributed by atoms with Crippen LogP contribution in [0.5, 0.6) is 17.2 Å². The molecule has 3 aromatic rings. The van der Waals surface area contributed by atoms with E-state index < -0.39 is 0 Å². The molecule has 0 radical (unpaired) electrons. The topological polar surface area (TPSA) is 98.8 Å². The van der Waals surface area contributed by atoms with Crippen LogP contribution in [-0.4, -0.2) is 30.2 Å². The van der Waals surface area contributed by atoms with Crippen molar-refractivity contribution in [3.05, 3.63) is 58.6 Å². The lowest BCUT2D eigenvalue weighted by atomic mass is 9.90. The molecule has 2 heterocycles. The zero-order chi connectivity index (χ0) is 22.8. The minimum atomic E-state index is -0.379. The van der Waals surface area contributed by atoms with Crippen molar-refractivity contribution < 1.29 is 23.8 Å². The molecule has 2 amide bonds. The van der Waals surface area contributed by atoms with Gasteiger partial charge in [0.25, 0.3) is 5.91 Å². The number of nitrogens with one attached hydrogen (secondary N) is 2. The van der Waals surface area contributed by atoms with Gasteiger partial charge in [-0.05, 0) is 56.5 Å². The van der Waals surface area contributed by atoms with E-state index in [2.05, 4.69) is 15.6 Å². The first-order valence-corrected chi connectivity index (χ1v) is 11.7. The molecule has 0 saturated carbocycles. The Balaban J connectivity index is 1.32. The normalized spacial score (nSPS) is 16.1. The number of anilines is 2. The van der Waals surface area contributed by atoms with Gasteiger partial charge in [0.15, 0.2) is 16.6 Å². The molecule has 1 aliphatic carbocycles. The van der Waals surface area contributed by atoms with Gasteiger partial charge < -0.3 is 19.5 Å². The van der Waals surface area contributed by atoms with Crippen LogP contribution < -0.4 is 24.8 Å². The average molecular weight is 466 g/mol. The van der Waals surface area contributed by atoms with E-state index in [4.69, 9.17) is 14.2 Å². The minimum Gasteiger partial charge on any atom is -0.492 e. The standard InChI is InChI=1S/C24H23N3O5S/c1-2-30-17-8-4-3-7-16(17)25-23(29)15-6-5-9-20-21(15)26-24(33-20)27-22(28)14-10-11-18-19(12-14)32-13-31-18/h3-4,7-8,10-12,15H,2,5-6,9,13H2,1H3,(H,25,29)(H,26,27,28). The number of rotatable bonds is 6. The van der Waals surface area contributed by atoms with Crippen LogP contribution in [0.4, 0.5) is 10.8 Å². The fourth-order valence-corrected chi connectivity index (χ4v) is 5.07. The largest absolute Gasteiger partial charge is 0.492 e. The van der Waals surface area contributed by atoms with Crippen LogP contribution in [0.3, 0.4) is 0 Å². The monoisotopic (exact) mass is 465 g/mol. The predicted octanol–water partition coefficient (Wildman–Crippen LogP) is 4.58. The van der Waals surface area contributed by atoms with Crippen molar-refractivity contribution in [2.24, 2.45) is 0 Å². The van der Waals surface area contributed by atoms with Crippen molar-refractivity contribution in [1.82, 2.24) is 4.98 Å². The van der Waals surface area contributed by atoms with Crippen molar-refractivity contribution in [1.29, 1.82) is 0 Å².